The van der Waals surface area contributed by atoms with E-state index < -0.39 is 6.03 Å². The van der Waals surface area contributed by atoms with E-state index >= 15 is 0 Å². The first-order valence-corrected chi connectivity index (χ1v) is 3.87. The van der Waals surface area contributed by atoms with Gasteiger partial charge in [0.25, 0.3) is 5.69 Å². The fourth-order valence-corrected chi connectivity index (χ4v) is 0.924. The number of pyridine rings is 1. The van der Waals surface area contributed by atoms with E-state index in [9.17, 15) is 9.90 Å². The molecular formula is C8H11IN4O2. The highest BCUT2D eigenvalue weighted by molar-refractivity contribution is 5.80. The molecule has 0 spiro atoms. The maximum Gasteiger partial charge on any atom is 0.332 e. The molecule has 1 aromatic heterocycles. The molecule has 1 rings (SSSR count). The molecule has 0 unspecified atom stereocenters. The smallest absolute Gasteiger partial charge is 0.332 e. The van der Waals surface area contributed by atoms with E-state index in [2.05, 4.69) is 5.10 Å². The van der Waals surface area contributed by atoms with Gasteiger partial charge >= 0.3 is 6.03 Å². The second kappa shape index (κ2) is 6.17. The van der Waals surface area contributed by atoms with Crippen LogP contribution in [0.25, 0.3) is 0 Å². The number of aromatic hydroxyl groups is 1. The minimum Gasteiger partial charge on any atom is -1.00 e. The second-order valence-electron chi connectivity index (χ2n) is 2.62. The molecule has 0 atom stereocenters. The van der Waals surface area contributed by atoms with Crippen LogP contribution in [0.3, 0.4) is 0 Å². The first kappa shape index (κ1) is 13.6. The Morgan fingerprint density at radius 2 is 2.40 bits per heavy atom. The van der Waals surface area contributed by atoms with Crippen LogP contribution >= 0.6 is 0 Å². The zero-order valence-electron chi connectivity index (χ0n) is 8.01. The highest BCUT2D eigenvalue weighted by atomic mass is 127. The Hall–Kier alpha value is -1.38. The van der Waals surface area contributed by atoms with Gasteiger partial charge in [0.1, 0.15) is 13.3 Å². The van der Waals surface area contributed by atoms with Crippen LogP contribution in [0.2, 0.25) is 0 Å². The minimum atomic E-state index is -0.751. The van der Waals surface area contributed by atoms with Gasteiger partial charge in [-0.3, -0.25) is 0 Å². The molecule has 4 N–H and O–H groups in total. The number of nitrogens with two attached hydrogens (primary N) is 1. The zero-order valence-corrected chi connectivity index (χ0v) is 10.2. The molecular weight excluding hydrogens is 311 g/mol. The van der Waals surface area contributed by atoms with Crippen molar-refractivity contribution in [2.75, 3.05) is 0 Å². The lowest BCUT2D eigenvalue weighted by atomic mass is 10.3. The summed E-state index contributed by atoms with van der Waals surface area (Å²) in [5.74, 6) is 0.0741. The predicted molar refractivity (Wildman–Crippen MR) is 49.6 cm³/mol. The predicted octanol–water partition coefficient (Wildman–Crippen LogP) is -3.78. The van der Waals surface area contributed by atoms with Gasteiger partial charge in [-0.1, -0.05) is 0 Å². The number of hydrogen-bond acceptors (Lipinski definition) is 3. The number of aryl methyl sites for hydroxylation is 1. The first-order valence-electron chi connectivity index (χ1n) is 3.87. The Morgan fingerprint density at radius 1 is 1.73 bits per heavy atom. The van der Waals surface area contributed by atoms with Crippen LogP contribution < -0.4 is 39.7 Å². The molecule has 6 nitrogen and oxygen atoms in total. The lowest BCUT2D eigenvalue weighted by Crippen LogP contribution is -3.00. The molecule has 0 bridgehead atoms. The van der Waals surface area contributed by atoms with Crippen molar-refractivity contribution in [2.24, 2.45) is 17.9 Å². The van der Waals surface area contributed by atoms with E-state index in [0.717, 1.165) is 0 Å². The van der Waals surface area contributed by atoms with Gasteiger partial charge in [0.15, 0.2) is 11.9 Å². The lowest BCUT2D eigenvalue weighted by Gasteiger charge is -1.95. The van der Waals surface area contributed by atoms with Gasteiger partial charge in [-0.05, 0) is 6.07 Å². The van der Waals surface area contributed by atoms with Gasteiger partial charge in [-0.15, -0.1) is 0 Å². The molecule has 0 saturated heterocycles. The number of rotatable bonds is 2. The summed E-state index contributed by atoms with van der Waals surface area (Å²) in [4.78, 5) is 10.3. The average Bonchev–Trinajstić information content (AvgIpc) is 2.09. The molecule has 82 valence electrons. The van der Waals surface area contributed by atoms with Crippen LogP contribution in [-0.4, -0.2) is 17.4 Å². The van der Waals surface area contributed by atoms with Crippen LogP contribution in [0.1, 0.15) is 5.69 Å². The summed E-state index contributed by atoms with van der Waals surface area (Å²) in [5, 5.41) is 12.9. The third-order valence-electron chi connectivity index (χ3n) is 1.57. The summed E-state index contributed by atoms with van der Waals surface area (Å²) in [5.41, 5.74) is 7.31. The molecule has 0 aliphatic rings. The van der Waals surface area contributed by atoms with Gasteiger partial charge in [0.05, 0.1) is 0 Å². The Morgan fingerprint density at radius 3 is 2.93 bits per heavy atom. The Kier molecular flexibility index (Phi) is 5.60. The third kappa shape index (κ3) is 4.11. The zero-order chi connectivity index (χ0) is 10.6. The maximum absolute atomic E-state index is 10.3. The fraction of sp³-hybridized carbons (Fsp3) is 0.125. The SMILES string of the molecule is C[n+]1cccc(O)c1/C=N/NC(N)=O.[I-]. The third-order valence-corrected chi connectivity index (χ3v) is 1.57. The number of urea groups is 1. The normalized spacial score (nSPS) is 9.67. The monoisotopic (exact) mass is 322 g/mol. The van der Waals surface area contributed by atoms with Crippen molar-refractivity contribution in [1.82, 2.24) is 5.43 Å². The van der Waals surface area contributed by atoms with Crippen molar-refractivity contribution in [2.45, 2.75) is 0 Å². The van der Waals surface area contributed by atoms with Crippen molar-refractivity contribution < 1.29 is 38.4 Å². The Labute approximate surface area is 104 Å². The van der Waals surface area contributed by atoms with Crippen molar-refractivity contribution >= 4 is 12.2 Å². The van der Waals surface area contributed by atoms with Crippen LogP contribution in [0.15, 0.2) is 23.4 Å². The van der Waals surface area contributed by atoms with E-state index in [0.29, 0.717) is 5.69 Å². The van der Waals surface area contributed by atoms with Crippen LogP contribution in [0, 0.1) is 0 Å². The topological polar surface area (TPSA) is 91.6 Å². The van der Waals surface area contributed by atoms with Crippen LogP contribution in [0.5, 0.6) is 5.75 Å². The molecule has 15 heavy (non-hydrogen) atoms. The summed E-state index contributed by atoms with van der Waals surface area (Å²) in [6.45, 7) is 0. The molecule has 0 aromatic carbocycles. The molecule has 1 aromatic rings. The fourth-order valence-electron chi connectivity index (χ4n) is 0.924. The quantitative estimate of drug-likeness (QED) is 0.226. The maximum atomic E-state index is 10.3. The van der Waals surface area contributed by atoms with Crippen molar-refractivity contribution in [3.63, 3.8) is 0 Å². The summed E-state index contributed by atoms with van der Waals surface area (Å²) in [6, 6.07) is 2.46. The number of carbonyl (C=O) groups excluding carboxylic acids is 1. The molecule has 0 aliphatic carbocycles. The van der Waals surface area contributed by atoms with Gasteiger partial charge in [-0.2, -0.15) is 9.67 Å². The number of hydrogen-bond donors (Lipinski definition) is 3. The standard InChI is InChI=1S/C8H10N4O2.HI/c1-12-4-2-3-7(13)6(12)5-10-11-8(9)14;/h2-5H,1H3,(H3,9,13,14);1H. The molecule has 7 heteroatoms. The summed E-state index contributed by atoms with van der Waals surface area (Å²) in [7, 11) is 1.74. The Bertz CT molecular complexity index is 361. The van der Waals surface area contributed by atoms with Crippen LogP contribution in [-0.2, 0) is 7.05 Å². The average molecular weight is 322 g/mol. The molecule has 2 amide bonds. The minimum absolute atomic E-state index is 0. The van der Waals surface area contributed by atoms with Gasteiger partial charge < -0.3 is 34.8 Å². The number of hydrazone groups is 1. The van der Waals surface area contributed by atoms with E-state index in [1.54, 1.807) is 23.9 Å². The molecule has 0 fully saturated rings. The molecule has 0 aliphatic heterocycles. The number of nitrogens with one attached hydrogen (secondary N) is 1. The molecule has 1 heterocycles. The van der Waals surface area contributed by atoms with Gasteiger partial charge in [0, 0.05) is 6.07 Å². The van der Waals surface area contributed by atoms with Crippen molar-refractivity contribution in [3.05, 3.63) is 24.0 Å². The van der Waals surface area contributed by atoms with E-state index in [1.165, 1.54) is 12.3 Å². The number of carbonyl (C=O) groups is 1. The van der Waals surface area contributed by atoms with E-state index in [4.69, 9.17) is 5.73 Å². The summed E-state index contributed by atoms with van der Waals surface area (Å²) >= 11 is 0. The number of primary amides is 1. The first-order chi connectivity index (χ1) is 6.61. The number of aromatic nitrogens is 1. The largest absolute Gasteiger partial charge is 1.00 e. The second-order valence-corrected chi connectivity index (χ2v) is 2.62. The molecule has 0 saturated carbocycles. The van der Waals surface area contributed by atoms with Gasteiger partial charge in [-0.25, -0.2) is 10.2 Å². The Balaban J connectivity index is 0.00000196. The van der Waals surface area contributed by atoms with Crippen molar-refractivity contribution in [3.8, 4) is 5.75 Å². The highest BCUT2D eigenvalue weighted by Crippen LogP contribution is 2.07. The van der Waals surface area contributed by atoms with E-state index in [-0.39, 0.29) is 29.7 Å². The highest BCUT2D eigenvalue weighted by Gasteiger charge is 2.08. The number of amides is 2. The number of nitrogens with zero attached hydrogens (tertiary/aromatic N) is 2. The number of halogens is 1. The molecule has 0 radical (unpaired) electrons. The van der Waals surface area contributed by atoms with Crippen molar-refractivity contribution in [1.29, 1.82) is 0 Å². The lowest BCUT2D eigenvalue weighted by molar-refractivity contribution is -0.672. The van der Waals surface area contributed by atoms with Gasteiger partial charge in [0.2, 0.25) is 0 Å². The summed E-state index contributed by atoms with van der Waals surface area (Å²) in [6.07, 6.45) is 3.05. The van der Waals surface area contributed by atoms with E-state index in [1.807, 2.05) is 5.43 Å². The summed E-state index contributed by atoms with van der Waals surface area (Å²) < 4.78 is 1.65. The van der Waals surface area contributed by atoms with Crippen LogP contribution in [0.4, 0.5) is 4.79 Å².